The lowest BCUT2D eigenvalue weighted by atomic mass is 10.1. The van der Waals surface area contributed by atoms with Crippen LogP contribution >= 0.6 is 11.6 Å². The fourth-order valence-electron chi connectivity index (χ4n) is 1.57. The van der Waals surface area contributed by atoms with Crippen molar-refractivity contribution in [2.24, 2.45) is 0 Å². The summed E-state index contributed by atoms with van der Waals surface area (Å²) in [5.74, 6) is -0.706. The minimum absolute atomic E-state index is 0.0306. The minimum Gasteiger partial charge on any atom is -0.478 e. The van der Waals surface area contributed by atoms with Crippen LogP contribution in [0.5, 0.6) is 0 Å². The molecule has 0 saturated heterocycles. The first-order valence-corrected chi connectivity index (χ1v) is 5.71. The van der Waals surface area contributed by atoms with E-state index in [0.29, 0.717) is 17.9 Å². The zero-order chi connectivity index (χ0) is 13.1. The molecule has 6 heteroatoms. The summed E-state index contributed by atoms with van der Waals surface area (Å²) in [6.45, 7) is 1.82. The highest BCUT2D eigenvalue weighted by Gasteiger charge is 2.18. The van der Waals surface area contributed by atoms with Gasteiger partial charge in [0.2, 0.25) is 0 Å². The zero-order valence-electron chi connectivity index (χ0n) is 9.59. The maximum atomic E-state index is 11.1. The van der Waals surface area contributed by atoms with E-state index >= 15 is 0 Å². The molecule has 0 aliphatic carbocycles. The number of carbonyl (C=O) groups is 1. The van der Waals surface area contributed by atoms with Crippen molar-refractivity contribution in [3.05, 3.63) is 40.9 Å². The quantitative estimate of drug-likeness (QED) is 0.861. The summed E-state index contributed by atoms with van der Waals surface area (Å²) in [6, 6.07) is 3.48. The van der Waals surface area contributed by atoms with Crippen molar-refractivity contribution in [3.63, 3.8) is 0 Å². The van der Waals surface area contributed by atoms with E-state index in [2.05, 4.69) is 15.0 Å². The highest BCUT2D eigenvalue weighted by molar-refractivity contribution is 6.32. The average Bonchev–Trinajstić information content (AvgIpc) is 2.38. The molecule has 2 rings (SSSR count). The topological polar surface area (TPSA) is 76.0 Å². The second kappa shape index (κ2) is 5.10. The highest BCUT2D eigenvalue weighted by atomic mass is 35.5. The number of carboxylic acids is 1. The van der Waals surface area contributed by atoms with E-state index in [4.69, 9.17) is 16.7 Å². The van der Waals surface area contributed by atoms with Crippen molar-refractivity contribution >= 4 is 17.6 Å². The summed E-state index contributed by atoms with van der Waals surface area (Å²) in [5, 5.41) is 9.02. The van der Waals surface area contributed by atoms with Gasteiger partial charge in [-0.25, -0.2) is 14.8 Å². The second-order valence-corrected chi connectivity index (χ2v) is 3.91. The number of aromatic carboxylic acids is 1. The van der Waals surface area contributed by atoms with Gasteiger partial charge in [-0.1, -0.05) is 18.5 Å². The summed E-state index contributed by atoms with van der Waals surface area (Å²) >= 11 is 5.91. The number of carboxylic acid groups (broad SMARTS) is 1. The summed E-state index contributed by atoms with van der Waals surface area (Å²) in [6.07, 6.45) is 3.70. The van der Waals surface area contributed by atoms with Gasteiger partial charge in [-0.05, 0) is 18.6 Å². The van der Waals surface area contributed by atoms with Gasteiger partial charge < -0.3 is 5.11 Å². The molecule has 0 bridgehead atoms. The zero-order valence-corrected chi connectivity index (χ0v) is 10.3. The molecular formula is C12H10ClN3O2. The highest BCUT2D eigenvalue weighted by Crippen LogP contribution is 2.22. The van der Waals surface area contributed by atoms with E-state index in [0.717, 1.165) is 5.56 Å². The van der Waals surface area contributed by atoms with Crippen LogP contribution in [0.4, 0.5) is 0 Å². The molecule has 0 atom stereocenters. The third-order valence-electron chi connectivity index (χ3n) is 2.43. The average molecular weight is 264 g/mol. The molecule has 0 aromatic carbocycles. The van der Waals surface area contributed by atoms with E-state index in [1.165, 1.54) is 0 Å². The Balaban J connectivity index is 2.60. The Hall–Kier alpha value is -2.01. The van der Waals surface area contributed by atoms with Gasteiger partial charge in [0, 0.05) is 18.0 Å². The third-order valence-corrected chi connectivity index (χ3v) is 2.70. The fourth-order valence-corrected chi connectivity index (χ4v) is 1.84. The smallest absolute Gasteiger partial charge is 0.340 e. The Bertz CT molecular complexity index is 587. The molecule has 0 aliphatic rings. The van der Waals surface area contributed by atoms with Crippen LogP contribution in [-0.2, 0) is 6.42 Å². The maximum absolute atomic E-state index is 11.1. The number of aryl methyl sites for hydroxylation is 1. The normalized spacial score (nSPS) is 10.3. The number of hydrogen-bond acceptors (Lipinski definition) is 4. The molecule has 0 amide bonds. The van der Waals surface area contributed by atoms with Crippen molar-refractivity contribution in [3.8, 4) is 11.4 Å². The molecule has 5 nitrogen and oxygen atoms in total. The van der Waals surface area contributed by atoms with Gasteiger partial charge in [0.05, 0.1) is 5.69 Å². The molecule has 2 aromatic heterocycles. The van der Waals surface area contributed by atoms with Gasteiger partial charge in [-0.15, -0.1) is 0 Å². The van der Waals surface area contributed by atoms with E-state index in [-0.39, 0.29) is 10.7 Å². The summed E-state index contributed by atoms with van der Waals surface area (Å²) in [7, 11) is 0. The van der Waals surface area contributed by atoms with Crippen molar-refractivity contribution in [1.29, 1.82) is 0 Å². The number of hydrogen-bond donors (Lipinski definition) is 1. The maximum Gasteiger partial charge on any atom is 0.340 e. The first kappa shape index (κ1) is 12.4. The summed E-state index contributed by atoms with van der Waals surface area (Å²) in [5.41, 5.74) is 1.14. The third kappa shape index (κ3) is 2.31. The Morgan fingerprint density at radius 3 is 2.56 bits per heavy atom. The van der Waals surface area contributed by atoms with Crippen LogP contribution in [0.15, 0.2) is 24.5 Å². The van der Waals surface area contributed by atoms with E-state index in [1.54, 1.807) is 24.5 Å². The molecule has 2 aromatic rings. The van der Waals surface area contributed by atoms with Crippen LogP contribution < -0.4 is 0 Å². The second-order valence-electron chi connectivity index (χ2n) is 3.55. The molecule has 0 spiro atoms. The molecule has 0 radical (unpaired) electrons. The van der Waals surface area contributed by atoms with Crippen LogP contribution in [0.2, 0.25) is 5.15 Å². The van der Waals surface area contributed by atoms with Gasteiger partial charge in [0.15, 0.2) is 5.82 Å². The number of pyridine rings is 1. The molecule has 1 N–H and O–H groups in total. The fraction of sp³-hybridized carbons (Fsp3) is 0.167. The first-order valence-electron chi connectivity index (χ1n) is 5.33. The van der Waals surface area contributed by atoms with Crippen LogP contribution in [0.1, 0.15) is 23.0 Å². The molecule has 92 valence electrons. The molecule has 0 saturated carbocycles. The number of rotatable bonds is 3. The Kier molecular flexibility index (Phi) is 3.53. The van der Waals surface area contributed by atoms with Crippen LogP contribution in [0.25, 0.3) is 11.4 Å². The van der Waals surface area contributed by atoms with Gasteiger partial charge in [-0.3, -0.25) is 4.98 Å². The van der Waals surface area contributed by atoms with Crippen molar-refractivity contribution in [1.82, 2.24) is 15.0 Å². The number of halogens is 1. The van der Waals surface area contributed by atoms with Crippen LogP contribution in [0, 0.1) is 0 Å². The molecule has 2 heterocycles. The Morgan fingerprint density at radius 2 is 2.00 bits per heavy atom. The molecule has 0 aliphatic heterocycles. The first-order chi connectivity index (χ1) is 8.63. The van der Waals surface area contributed by atoms with Crippen molar-refractivity contribution in [2.75, 3.05) is 0 Å². The SMILES string of the molecule is CCc1nc(-c2ccncc2)nc(Cl)c1C(=O)O. The lowest BCUT2D eigenvalue weighted by Gasteiger charge is -2.07. The molecule has 18 heavy (non-hydrogen) atoms. The van der Waals surface area contributed by atoms with Gasteiger partial charge >= 0.3 is 5.97 Å². The predicted molar refractivity (Wildman–Crippen MR) is 66.6 cm³/mol. The summed E-state index contributed by atoms with van der Waals surface area (Å²) < 4.78 is 0. The van der Waals surface area contributed by atoms with E-state index in [1.807, 2.05) is 6.92 Å². The van der Waals surface area contributed by atoms with Crippen molar-refractivity contribution < 1.29 is 9.90 Å². The molecule has 0 fully saturated rings. The van der Waals surface area contributed by atoms with E-state index in [9.17, 15) is 4.79 Å². The predicted octanol–water partition coefficient (Wildman–Crippen LogP) is 2.45. The molecular weight excluding hydrogens is 254 g/mol. The van der Waals surface area contributed by atoms with Gasteiger partial charge in [0.25, 0.3) is 0 Å². The van der Waals surface area contributed by atoms with Crippen molar-refractivity contribution in [2.45, 2.75) is 13.3 Å². The largest absolute Gasteiger partial charge is 0.478 e. The lowest BCUT2D eigenvalue weighted by molar-refractivity contribution is 0.0695. The van der Waals surface area contributed by atoms with Crippen LogP contribution in [0.3, 0.4) is 0 Å². The number of aromatic nitrogens is 3. The Morgan fingerprint density at radius 1 is 1.33 bits per heavy atom. The van der Waals surface area contributed by atoms with Gasteiger partial charge in [0.1, 0.15) is 10.7 Å². The molecule has 0 unspecified atom stereocenters. The minimum atomic E-state index is -1.11. The Labute approximate surface area is 109 Å². The lowest BCUT2D eigenvalue weighted by Crippen LogP contribution is -2.08. The number of nitrogens with zero attached hydrogens (tertiary/aromatic N) is 3. The summed E-state index contributed by atoms with van der Waals surface area (Å²) in [4.78, 5) is 23.2. The van der Waals surface area contributed by atoms with E-state index < -0.39 is 5.97 Å². The monoisotopic (exact) mass is 263 g/mol. The van der Waals surface area contributed by atoms with Gasteiger partial charge in [-0.2, -0.15) is 0 Å². The van der Waals surface area contributed by atoms with Crippen LogP contribution in [-0.4, -0.2) is 26.0 Å². The standard InChI is InChI=1S/C12H10ClN3O2/c1-2-8-9(12(17)18)10(13)16-11(15-8)7-3-5-14-6-4-7/h3-6H,2H2,1H3,(H,17,18).